The maximum Gasteiger partial charge on any atom is 0.0431 e. The van der Waals surface area contributed by atoms with Crippen molar-refractivity contribution in [3.05, 3.63) is 29.6 Å². The minimum absolute atomic E-state index is 0.534. The third-order valence-corrected chi connectivity index (χ3v) is 2.08. The summed E-state index contributed by atoms with van der Waals surface area (Å²) >= 11 is 0. The van der Waals surface area contributed by atoms with E-state index in [0.717, 1.165) is 12.3 Å². The standard InChI is InChI=1S/C12H19N/c1-9(2)7-11-5-6-13-12(8-11)10(3)4/h5-6,8-10H,7H2,1-4H3. The SMILES string of the molecule is CC(C)Cc1ccnc(C(C)C)c1. The fraction of sp³-hybridized carbons (Fsp3) is 0.583. The van der Waals surface area contributed by atoms with Crippen molar-refractivity contribution >= 4 is 0 Å². The zero-order valence-electron chi connectivity index (χ0n) is 9.04. The molecule has 72 valence electrons. The van der Waals surface area contributed by atoms with E-state index < -0.39 is 0 Å². The van der Waals surface area contributed by atoms with Crippen molar-refractivity contribution in [1.29, 1.82) is 0 Å². The zero-order chi connectivity index (χ0) is 9.84. The lowest BCUT2D eigenvalue weighted by molar-refractivity contribution is 0.644. The van der Waals surface area contributed by atoms with Crippen LogP contribution in [-0.4, -0.2) is 4.98 Å². The largest absolute Gasteiger partial charge is 0.261 e. The molecule has 1 rings (SSSR count). The van der Waals surface area contributed by atoms with Gasteiger partial charge < -0.3 is 0 Å². The molecule has 0 aliphatic heterocycles. The van der Waals surface area contributed by atoms with Gasteiger partial charge in [0.1, 0.15) is 0 Å². The number of hydrogen-bond donors (Lipinski definition) is 0. The minimum atomic E-state index is 0.534. The maximum absolute atomic E-state index is 4.35. The van der Waals surface area contributed by atoms with Gasteiger partial charge in [-0.2, -0.15) is 0 Å². The predicted molar refractivity (Wildman–Crippen MR) is 56.9 cm³/mol. The van der Waals surface area contributed by atoms with Crippen LogP contribution in [0.2, 0.25) is 0 Å². The number of rotatable bonds is 3. The summed E-state index contributed by atoms with van der Waals surface area (Å²) < 4.78 is 0. The van der Waals surface area contributed by atoms with E-state index in [1.807, 2.05) is 6.20 Å². The van der Waals surface area contributed by atoms with Gasteiger partial charge >= 0.3 is 0 Å². The molecule has 0 spiro atoms. The molecule has 0 saturated carbocycles. The van der Waals surface area contributed by atoms with Crippen LogP contribution in [0.1, 0.15) is 44.9 Å². The highest BCUT2D eigenvalue weighted by molar-refractivity contribution is 5.18. The van der Waals surface area contributed by atoms with Gasteiger partial charge in [0.25, 0.3) is 0 Å². The Kier molecular flexibility index (Phi) is 3.47. The molecule has 0 unspecified atom stereocenters. The summed E-state index contributed by atoms with van der Waals surface area (Å²) in [7, 11) is 0. The Bertz CT molecular complexity index is 264. The van der Waals surface area contributed by atoms with Gasteiger partial charge in [-0.25, -0.2) is 0 Å². The van der Waals surface area contributed by atoms with Crippen LogP contribution >= 0.6 is 0 Å². The predicted octanol–water partition coefficient (Wildman–Crippen LogP) is 3.40. The molecule has 1 heteroatoms. The van der Waals surface area contributed by atoms with Crippen LogP contribution in [0.3, 0.4) is 0 Å². The Morgan fingerprint density at radius 3 is 2.46 bits per heavy atom. The first-order chi connectivity index (χ1) is 6.09. The Morgan fingerprint density at radius 1 is 1.23 bits per heavy atom. The lowest BCUT2D eigenvalue weighted by Gasteiger charge is -2.08. The van der Waals surface area contributed by atoms with Crippen LogP contribution in [-0.2, 0) is 6.42 Å². The van der Waals surface area contributed by atoms with Crippen molar-refractivity contribution in [1.82, 2.24) is 4.98 Å². The van der Waals surface area contributed by atoms with Crippen LogP contribution < -0.4 is 0 Å². The van der Waals surface area contributed by atoms with Crippen molar-refractivity contribution in [3.63, 3.8) is 0 Å². The number of aromatic nitrogens is 1. The zero-order valence-corrected chi connectivity index (χ0v) is 9.04. The van der Waals surface area contributed by atoms with E-state index in [4.69, 9.17) is 0 Å². The molecule has 1 aromatic rings. The third-order valence-electron chi connectivity index (χ3n) is 2.08. The second kappa shape index (κ2) is 4.40. The van der Waals surface area contributed by atoms with Crippen LogP contribution in [0.4, 0.5) is 0 Å². The number of nitrogens with zero attached hydrogens (tertiary/aromatic N) is 1. The summed E-state index contributed by atoms with van der Waals surface area (Å²) in [4.78, 5) is 4.35. The van der Waals surface area contributed by atoms with Crippen LogP contribution in [0.15, 0.2) is 18.3 Å². The second-order valence-corrected chi connectivity index (χ2v) is 4.34. The Balaban J connectivity index is 2.79. The molecular formula is C12H19N. The van der Waals surface area contributed by atoms with Crippen LogP contribution in [0.5, 0.6) is 0 Å². The van der Waals surface area contributed by atoms with E-state index in [9.17, 15) is 0 Å². The highest BCUT2D eigenvalue weighted by Crippen LogP contribution is 2.14. The normalized spacial score (nSPS) is 11.2. The maximum atomic E-state index is 4.35. The highest BCUT2D eigenvalue weighted by Gasteiger charge is 2.02. The van der Waals surface area contributed by atoms with Gasteiger partial charge in [-0.1, -0.05) is 27.7 Å². The lowest BCUT2D eigenvalue weighted by atomic mass is 10.0. The average Bonchev–Trinajstić information content (AvgIpc) is 2.03. The van der Waals surface area contributed by atoms with Crippen molar-refractivity contribution < 1.29 is 0 Å². The van der Waals surface area contributed by atoms with E-state index in [-0.39, 0.29) is 0 Å². The molecule has 0 N–H and O–H groups in total. The van der Waals surface area contributed by atoms with Gasteiger partial charge in [0.15, 0.2) is 0 Å². The molecule has 0 atom stereocenters. The molecule has 1 aromatic heterocycles. The molecular weight excluding hydrogens is 158 g/mol. The third kappa shape index (κ3) is 3.17. The second-order valence-electron chi connectivity index (χ2n) is 4.34. The number of hydrogen-bond acceptors (Lipinski definition) is 1. The summed E-state index contributed by atoms with van der Waals surface area (Å²) in [6.45, 7) is 8.86. The number of pyridine rings is 1. The van der Waals surface area contributed by atoms with Crippen molar-refractivity contribution in [3.8, 4) is 0 Å². The first kappa shape index (κ1) is 10.2. The molecule has 1 nitrogen and oxygen atoms in total. The van der Waals surface area contributed by atoms with E-state index in [1.54, 1.807) is 0 Å². The van der Waals surface area contributed by atoms with Gasteiger partial charge in [0, 0.05) is 11.9 Å². The monoisotopic (exact) mass is 177 g/mol. The first-order valence-corrected chi connectivity index (χ1v) is 5.04. The highest BCUT2D eigenvalue weighted by atomic mass is 14.7. The van der Waals surface area contributed by atoms with E-state index >= 15 is 0 Å². The Labute approximate surface area is 81.2 Å². The summed E-state index contributed by atoms with van der Waals surface area (Å²) in [6.07, 6.45) is 3.08. The van der Waals surface area contributed by atoms with E-state index in [2.05, 4.69) is 44.8 Å². The first-order valence-electron chi connectivity index (χ1n) is 5.04. The van der Waals surface area contributed by atoms with E-state index in [0.29, 0.717) is 5.92 Å². The fourth-order valence-corrected chi connectivity index (χ4v) is 1.41. The van der Waals surface area contributed by atoms with Crippen molar-refractivity contribution in [2.24, 2.45) is 5.92 Å². The van der Waals surface area contributed by atoms with Crippen LogP contribution in [0.25, 0.3) is 0 Å². The van der Waals surface area contributed by atoms with Gasteiger partial charge in [-0.15, -0.1) is 0 Å². The Morgan fingerprint density at radius 2 is 1.92 bits per heavy atom. The van der Waals surface area contributed by atoms with Crippen molar-refractivity contribution in [2.45, 2.75) is 40.0 Å². The molecule has 0 aromatic carbocycles. The van der Waals surface area contributed by atoms with Gasteiger partial charge in [0.2, 0.25) is 0 Å². The molecule has 0 bridgehead atoms. The topological polar surface area (TPSA) is 12.9 Å². The van der Waals surface area contributed by atoms with Crippen LogP contribution in [0, 0.1) is 5.92 Å². The van der Waals surface area contributed by atoms with Gasteiger partial charge in [0.05, 0.1) is 0 Å². The summed E-state index contributed by atoms with van der Waals surface area (Å²) in [6, 6.07) is 4.34. The minimum Gasteiger partial charge on any atom is -0.261 e. The smallest absolute Gasteiger partial charge is 0.0431 e. The summed E-state index contributed by atoms with van der Waals surface area (Å²) in [5.74, 6) is 1.26. The molecule has 0 aliphatic carbocycles. The van der Waals surface area contributed by atoms with Crippen molar-refractivity contribution in [2.75, 3.05) is 0 Å². The van der Waals surface area contributed by atoms with E-state index in [1.165, 1.54) is 11.3 Å². The molecule has 1 heterocycles. The molecule has 0 saturated heterocycles. The Hall–Kier alpha value is -0.850. The molecule has 0 aliphatic rings. The van der Waals surface area contributed by atoms with Gasteiger partial charge in [-0.05, 0) is 36.0 Å². The molecule has 13 heavy (non-hydrogen) atoms. The molecule has 0 amide bonds. The molecule has 0 radical (unpaired) electrons. The fourth-order valence-electron chi connectivity index (χ4n) is 1.41. The molecule has 0 fully saturated rings. The van der Waals surface area contributed by atoms with Gasteiger partial charge in [-0.3, -0.25) is 4.98 Å². The average molecular weight is 177 g/mol. The quantitative estimate of drug-likeness (QED) is 0.689. The summed E-state index contributed by atoms with van der Waals surface area (Å²) in [5, 5.41) is 0. The lowest BCUT2D eigenvalue weighted by Crippen LogP contribution is -1.98. The summed E-state index contributed by atoms with van der Waals surface area (Å²) in [5.41, 5.74) is 2.62.